The van der Waals surface area contributed by atoms with E-state index in [1.165, 1.54) is 0 Å². The summed E-state index contributed by atoms with van der Waals surface area (Å²) in [5.74, 6) is -0.651. The second-order valence-corrected chi connectivity index (χ2v) is 6.40. The highest BCUT2D eigenvalue weighted by Crippen LogP contribution is 2.18. The molecule has 0 aliphatic carbocycles. The second-order valence-electron chi connectivity index (χ2n) is 6.40. The van der Waals surface area contributed by atoms with Crippen LogP contribution in [0.3, 0.4) is 0 Å². The minimum absolute atomic E-state index is 0.0648. The summed E-state index contributed by atoms with van der Waals surface area (Å²) in [6.45, 7) is 5.47. The minimum Gasteiger partial charge on any atom is -0.384 e. The fourth-order valence-electron chi connectivity index (χ4n) is 2.38. The Bertz CT molecular complexity index is 755. The molecule has 0 radical (unpaired) electrons. The number of nitrogens with one attached hydrogen (secondary N) is 2. The number of amides is 2. The van der Waals surface area contributed by atoms with Gasteiger partial charge in [-0.15, -0.1) is 0 Å². The Morgan fingerprint density at radius 1 is 1.00 bits per heavy atom. The molecule has 0 bridgehead atoms. The van der Waals surface area contributed by atoms with Crippen LogP contribution in [0.1, 0.15) is 34.0 Å². The Balaban J connectivity index is 1.84. The van der Waals surface area contributed by atoms with Crippen molar-refractivity contribution in [1.29, 1.82) is 0 Å². The highest BCUT2D eigenvalue weighted by Gasteiger charge is 2.23. The number of hydrogen-bond acceptors (Lipinski definition) is 3. The molecule has 0 spiro atoms. The van der Waals surface area contributed by atoms with Gasteiger partial charge in [0.05, 0.1) is 13.1 Å². The summed E-state index contributed by atoms with van der Waals surface area (Å²) >= 11 is 0. The van der Waals surface area contributed by atoms with E-state index in [0.29, 0.717) is 5.56 Å². The van der Waals surface area contributed by atoms with Crippen molar-refractivity contribution < 1.29 is 14.7 Å². The molecule has 0 saturated carbocycles. The third-order valence-corrected chi connectivity index (χ3v) is 4.20. The van der Waals surface area contributed by atoms with Crippen LogP contribution >= 0.6 is 0 Å². The average molecular weight is 340 g/mol. The van der Waals surface area contributed by atoms with Crippen LogP contribution in [0, 0.1) is 13.8 Å². The van der Waals surface area contributed by atoms with Crippen LogP contribution in [-0.2, 0) is 10.4 Å². The molecule has 2 rings (SSSR count). The van der Waals surface area contributed by atoms with Gasteiger partial charge in [-0.2, -0.15) is 0 Å². The van der Waals surface area contributed by atoms with Gasteiger partial charge in [-0.05, 0) is 49.6 Å². The van der Waals surface area contributed by atoms with Gasteiger partial charge in [0, 0.05) is 5.56 Å². The Morgan fingerprint density at radius 2 is 1.68 bits per heavy atom. The third-order valence-electron chi connectivity index (χ3n) is 4.20. The molecule has 2 aromatic rings. The minimum atomic E-state index is -1.17. The van der Waals surface area contributed by atoms with Gasteiger partial charge < -0.3 is 15.7 Å². The van der Waals surface area contributed by atoms with Crippen molar-refractivity contribution >= 4 is 11.8 Å². The van der Waals surface area contributed by atoms with Gasteiger partial charge in [-0.3, -0.25) is 9.59 Å². The van der Waals surface area contributed by atoms with Gasteiger partial charge in [-0.25, -0.2) is 0 Å². The van der Waals surface area contributed by atoms with Crippen LogP contribution in [-0.4, -0.2) is 30.0 Å². The first-order chi connectivity index (χ1) is 11.8. The molecule has 1 atom stereocenters. The van der Waals surface area contributed by atoms with Gasteiger partial charge in [0.1, 0.15) is 5.60 Å². The number of aliphatic hydroxyl groups is 1. The maximum atomic E-state index is 12.1. The standard InChI is InChI=1S/C20H24N2O3/c1-14-9-10-16(11-15(14)2)19(24)21-12-18(23)22-13-20(3,25)17-7-5-4-6-8-17/h4-11,25H,12-13H2,1-3H3,(H,21,24)(H,22,23). The van der Waals surface area contributed by atoms with Crippen LogP contribution < -0.4 is 10.6 Å². The van der Waals surface area contributed by atoms with Crippen molar-refractivity contribution in [3.8, 4) is 0 Å². The normalized spacial score (nSPS) is 13.0. The largest absolute Gasteiger partial charge is 0.384 e. The Kier molecular flexibility index (Phi) is 5.93. The first kappa shape index (κ1) is 18.7. The topological polar surface area (TPSA) is 78.4 Å². The first-order valence-corrected chi connectivity index (χ1v) is 8.19. The van der Waals surface area contributed by atoms with E-state index < -0.39 is 5.60 Å². The van der Waals surface area contributed by atoms with Crippen molar-refractivity contribution in [3.05, 3.63) is 70.8 Å². The summed E-state index contributed by atoms with van der Waals surface area (Å²) in [6, 6.07) is 14.5. The van der Waals surface area contributed by atoms with Crippen molar-refractivity contribution in [2.24, 2.45) is 0 Å². The van der Waals surface area contributed by atoms with E-state index in [4.69, 9.17) is 0 Å². The monoisotopic (exact) mass is 340 g/mol. The summed E-state index contributed by atoms with van der Waals surface area (Å²) < 4.78 is 0. The molecule has 132 valence electrons. The number of hydrogen-bond donors (Lipinski definition) is 3. The number of benzene rings is 2. The highest BCUT2D eigenvalue weighted by atomic mass is 16.3. The fourth-order valence-corrected chi connectivity index (χ4v) is 2.38. The summed E-state index contributed by atoms with van der Waals surface area (Å²) in [5.41, 5.74) is 2.20. The zero-order valence-corrected chi connectivity index (χ0v) is 14.8. The molecule has 0 aromatic heterocycles. The molecule has 0 heterocycles. The summed E-state index contributed by atoms with van der Waals surface area (Å²) in [5, 5.41) is 15.7. The lowest BCUT2D eigenvalue weighted by Gasteiger charge is -2.24. The fraction of sp³-hybridized carbons (Fsp3) is 0.300. The molecular weight excluding hydrogens is 316 g/mol. The average Bonchev–Trinajstić information content (AvgIpc) is 2.61. The molecule has 25 heavy (non-hydrogen) atoms. The predicted octanol–water partition coefficient (Wildman–Crippen LogP) is 2.06. The molecule has 0 aliphatic rings. The first-order valence-electron chi connectivity index (χ1n) is 8.19. The number of carbonyl (C=O) groups excluding carboxylic acids is 2. The molecule has 3 N–H and O–H groups in total. The van der Waals surface area contributed by atoms with Crippen LogP contribution in [0.15, 0.2) is 48.5 Å². The lowest BCUT2D eigenvalue weighted by Crippen LogP contribution is -2.43. The van der Waals surface area contributed by atoms with E-state index in [1.807, 2.05) is 38.1 Å². The third kappa shape index (κ3) is 5.16. The van der Waals surface area contributed by atoms with Crippen molar-refractivity contribution in [2.75, 3.05) is 13.1 Å². The van der Waals surface area contributed by atoms with E-state index in [2.05, 4.69) is 10.6 Å². The lowest BCUT2D eigenvalue weighted by molar-refractivity contribution is -0.121. The summed E-state index contributed by atoms with van der Waals surface area (Å²) in [4.78, 5) is 24.0. The smallest absolute Gasteiger partial charge is 0.251 e. The zero-order chi connectivity index (χ0) is 18.4. The molecule has 5 heteroatoms. The molecular formula is C20H24N2O3. The maximum absolute atomic E-state index is 12.1. The summed E-state index contributed by atoms with van der Waals surface area (Å²) in [6.07, 6.45) is 0. The van der Waals surface area contributed by atoms with E-state index in [-0.39, 0.29) is 24.9 Å². The maximum Gasteiger partial charge on any atom is 0.251 e. The van der Waals surface area contributed by atoms with E-state index in [1.54, 1.807) is 31.2 Å². The molecule has 2 amide bonds. The van der Waals surface area contributed by atoms with E-state index >= 15 is 0 Å². The van der Waals surface area contributed by atoms with E-state index in [9.17, 15) is 14.7 Å². The van der Waals surface area contributed by atoms with Crippen molar-refractivity contribution in [2.45, 2.75) is 26.4 Å². The van der Waals surface area contributed by atoms with Crippen LogP contribution in [0.4, 0.5) is 0 Å². The van der Waals surface area contributed by atoms with Gasteiger partial charge >= 0.3 is 0 Å². The lowest BCUT2D eigenvalue weighted by atomic mass is 9.96. The highest BCUT2D eigenvalue weighted by molar-refractivity contribution is 5.96. The second kappa shape index (κ2) is 7.94. The number of aryl methyl sites for hydroxylation is 2. The van der Waals surface area contributed by atoms with Crippen molar-refractivity contribution in [3.63, 3.8) is 0 Å². The molecule has 0 saturated heterocycles. The van der Waals surface area contributed by atoms with Gasteiger partial charge in [0.2, 0.25) is 5.91 Å². The quantitative estimate of drug-likeness (QED) is 0.753. The van der Waals surface area contributed by atoms with Gasteiger partial charge in [-0.1, -0.05) is 36.4 Å². The Labute approximate surface area is 148 Å². The van der Waals surface area contributed by atoms with Crippen molar-refractivity contribution in [1.82, 2.24) is 10.6 Å². The van der Waals surface area contributed by atoms with Crippen LogP contribution in [0.2, 0.25) is 0 Å². The molecule has 0 fully saturated rings. The number of carbonyl (C=O) groups is 2. The molecule has 0 aliphatic heterocycles. The predicted molar refractivity (Wildman–Crippen MR) is 97.3 cm³/mol. The Hall–Kier alpha value is -2.66. The van der Waals surface area contributed by atoms with E-state index in [0.717, 1.165) is 16.7 Å². The molecule has 2 aromatic carbocycles. The van der Waals surface area contributed by atoms with Gasteiger partial charge in [0.25, 0.3) is 5.91 Å². The zero-order valence-electron chi connectivity index (χ0n) is 14.8. The van der Waals surface area contributed by atoms with Crippen LogP contribution in [0.5, 0.6) is 0 Å². The molecule has 5 nitrogen and oxygen atoms in total. The summed E-state index contributed by atoms with van der Waals surface area (Å²) in [7, 11) is 0. The SMILES string of the molecule is Cc1ccc(C(=O)NCC(=O)NCC(C)(O)c2ccccc2)cc1C. The molecule has 1 unspecified atom stereocenters. The van der Waals surface area contributed by atoms with Gasteiger partial charge in [0.15, 0.2) is 0 Å². The number of rotatable bonds is 6. The van der Waals surface area contributed by atoms with Crippen LogP contribution in [0.25, 0.3) is 0 Å². The Morgan fingerprint density at radius 3 is 2.32 bits per heavy atom.